The molecule has 100 valence electrons. The zero-order chi connectivity index (χ0) is 13.0. The summed E-state index contributed by atoms with van der Waals surface area (Å²) in [5.74, 6) is 0.765. The van der Waals surface area contributed by atoms with E-state index in [1.165, 1.54) is 23.4 Å². The lowest BCUT2D eigenvalue weighted by Crippen LogP contribution is -2.37. The summed E-state index contributed by atoms with van der Waals surface area (Å²) in [7, 11) is 0. The van der Waals surface area contributed by atoms with Gasteiger partial charge in [-0.25, -0.2) is 0 Å². The maximum atomic E-state index is 5.81. The van der Waals surface area contributed by atoms with Gasteiger partial charge in [0.25, 0.3) is 0 Å². The maximum absolute atomic E-state index is 5.81. The summed E-state index contributed by atoms with van der Waals surface area (Å²) in [5.41, 5.74) is 1.52. The molecule has 0 N–H and O–H groups in total. The smallest absolute Gasteiger partial charge is 0.0263 e. The molecule has 0 aliphatic carbocycles. The van der Waals surface area contributed by atoms with E-state index in [1.807, 2.05) is 11.8 Å². The van der Waals surface area contributed by atoms with Crippen molar-refractivity contribution in [1.29, 1.82) is 0 Å². The Labute approximate surface area is 120 Å². The van der Waals surface area contributed by atoms with Crippen molar-refractivity contribution < 1.29 is 0 Å². The van der Waals surface area contributed by atoms with Crippen molar-refractivity contribution in [1.82, 2.24) is 4.90 Å². The highest BCUT2D eigenvalue weighted by Gasteiger charge is 2.24. The Kier molecular flexibility index (Phi) is 5.40. The van der Waals surface area contributed by atoms with Gasteiger partial charge in [0.1, 0.15) is 0 Å². The van der Waals surface area contributed by atoms with Gasteiger partial charge < -0.3 is 0 Å². The first-order valence-electron chi connectivity index (χ1n) is 6.75. The first-order valence-corrected chi connectivity index (χ1v) is 8.16. The van der Waals surface area contributed by atoms with Gasteiger partial charge in [0.15, 0.2) is 0 Å². The van der Waals surface area contributed by atoms with Gasteiger partial charge in [-0.05, 0) is 44.9 Å². The Hall–Kier alpha value is -0.180. The van der Waals surface area contributed by atoms with Crippen molar-refractivity contribution in [3.8, 4) is 0 Å². The molecule has 2 rings (SSSR count). The van der Waals surface area contributed by atoms with Crippen molar-refractivity contribution >= 4 is 23.4 Å². The number of fused-ring (bicyclic) bond motifs is 1. The molecular weight excluding hydrogens is 262 g/mol. The van der Waals surface area contributed by atoms with Gasteiger partial charge in [0.05, 0.1) is 0 Å². The van der Waals surface area contributed by atoms with Crippen molar-refractivity contribution in [2.24, 2.45) is 0 Å². The molecule has 1 unspecified atom stereocenters. The summed E-state index contributed by atoms with van der Waals surface area (Å²) < 4.78 is 0. The molecule has 1 aliphatic heterocycles. The molecule has 0 radical (unpaired) electrons. The molecule has 1 aromatic rings. The van der Waals surface area contributed by atoms with E-state index >= 15 is 0 Å². The van der Waals surface area contributed by atoms with Crippen LogP contribution in [0.4, 0.5) is 0 Å². The summed E-state index contributed by atoms with van der Waals surface area (Å²) in [6, 6.07) is 9.41. The number of nitrogens with zero attached hydrogens (tertiary/aromatic N) is 1. The van der Waals surface area contributed by atoms with Gasteiger partial charge >= 0.3 is 0 Å². The van der Waals surface area contributed by atoms with Gasteiger partial charge in [-0.1, -0.05) is 18.2 Å². The van der Waals surface area contributed by atoms with Crippen LogP contribution in [-0.2, 0) is 6.42 Å². The molecule has 1 nitrogen and oxygen atoms in total. The number of hydrogen-bond donors (Lipinski definition) is 0. The quantitative estimate of drug-likeness (QED) is 0.725. The number of hydrogen-bond acceptors (Lipinski definition) is 2. The minimum absolute atomic E-state index is 0.609. The molecule has 0 bridgehead atoms. The van der Waals surface area contributed by atoms with Crippen LogP contribution in [0.3, 0.4) is 0 Å². The molecule has 0 amide bonds. The van der Waals surface area contributed by atoms with Crippen molar-refractivity contribution in [3.05, 3.63) is 29.8 Å². The fraction of sp³-hybridized carbons (Fsp3) is 0.600. The van der Waals surface area contributed by atoms with Crippen LogP contribution in [-0.4, -0.2) is 35.2 Å². The first-order chi connectivity index (χ1) is 8.70. The van der Waals surface area contributed by atoms with Crippen LogP contribution in [0.5, 0.6) is 0 Å². The maximum Gasteiger partial charge on any atom is 0.0263 e. The highest BCUT2D eigenvalue weighted by Crippen LogP contribution is 2.37. The van der Waals surface area contributed by atoms with E-state index in [4.69, 9.17) is 11.6 Å². The van der Waals surface area contributed by atoms with Crippen molar-refractivity contribution in [2.75, 3.05) is 19.0 Å². The second-order valence-electron chi connectivity index (χ2n) is 5.18. The summed E-state index contributed by atoms with van der Waals surface area (Å²) in [4.78, 5) is 4.04. The average Bonchev–Trinajstić information content (AvgIpc) is 2.76. The fourth-order valence-corrected chi connectivity index (χ4v) is 3.91. The molecule has 0 spiro atoms. The molecule has 1 heterocycles. The van der Waals surface area contributed by atoms with Crippen LogP contribution in [0, 0.1) is 0 Å². The van der Waals surface area contributed by atoms with Crippen molar-refractivity contribution in [2.45, 2.75) is 42.9 Å². The molecule has 3 heteroatoms. The summed E-state index contributed by atoms with van der Waals surface area (Å²) in [5, 5.41) is 0.708. The zero-order valence-corrected chi connectivity index (χ0v) is 12.8. The Bertz CT molecular complexity index is 356. The predicted molar refractivity (Wildman–Crippen MR) is 81.8 cm³/mol. The lowest BCUT2D eigenvalue weighted by Gasteiger charge is -2.28. The predicted octanol–water partition coefficient (Wildman–Crippen LogP) is 4.04. The van der Waals surface area contributed by atoms with Gasteiger partial charge in [0, 0.05) is 28.6 Å². The van der Waals surface area contributed by atoms with Crippen LogP contribution in [0.15, 0.2) is 29.2 Å². The Balaban J connectivity index is 1.90. The summed E-state index contributed by atoms with van der Waals surface area (Å²) in [6.45, 7) is 6.85. The monoisotopic (exact) mass is 283 g/mol. The molecule has 0 aromatic heterocycles. The molecule has 1 atom stereocenters. The molecular formula is C15H22ClNS. The number of benzene rings is 1. The number of alkyl halides is 1. The largest absolute Gasteiger partial charge is 0.300 e. The molecule has 0 fully saturated rings. The van der Waals surface area contributed by atoms with E-state index in [0.717, 1.165) is 18.8 Å². The highest BCUT2D eigenvalue weighted by molar-refractivity contribution is 8.00. The minimum Gasteiger partial charge on any atom is -0.300 e. The zero-order valence-electron chi connectivity index (χ0n) is 11.2. The van der Waals surface area contributed by atoms with Crippen LogP contribution >= 0.6 is 23.4 Å². The van der Waals surface area contributed by atoms with E-state index in [-0.39, 0.29) is 0 Å². The van der Waals surface area contributed by atoms with Crippen molar-refractivity contribution in [3.63, 3.8) is 0 Å². The van der Waals surface area contributed by atoms with E-state index in [2.05, 4.69) is 43.0 Å². The minimum atomic E-state index is 0.609. The Morgan fingerprint density at radius 1 is 1.39 bits per heavy atom. The lowest BCUT2D eigenvalue weighted by atomic mass is 10.1. The van der Waals surface area contributed by atoms with Gasteiger partial charge in [-0.2, -0.15) is 0 Å². The first kappa shape index (κ1) is 14.2. The standard InChI is InChI=1S/C15H22ClNS/c1-12(2)17(9-5-8-16)11-14-10-13-6-3-4-7-15(13)18-14/h3-4,6-7,12,14H,5,8-11H2,1-2H3. The number of thioether (sulfide) groups is 1. The molecule has 1 aliphatic rings. The third-order valence-electron chi connectivity index (χ3n) is 3.46. The average molecular weight is 284 g/mol. The number of rotatable bonds is 6. The van der Waals surface area contributed by atoms with Gasteiger partial charge in [-0.15, -0.1) is 23.4 Å². The van der Waals surface area contributed by atoms with Crippen LogP contribution in [0.1, 0.15) is 25.8 Å². The number of halogens is 1. The molecule has 0 saturated heterocycles. The third kappa shape index (κ3) is 3.66. The van der Waals surface area contributed by atoms with E-state index in [1.54, 1.807) is 0 Å². The second-order valence-corrected chi connectivity index (χ2v) is 6.90. The van der Waals surface area contributed by atoms with E-state index < -0.39 is 0 Å². The topological polar surface area (TPSA) is 3.24 Å². The van der Waals surface area contributed by atoms with Gasteiger partial charge in [-0.3, -0.25) is 4.90 Å². The molecule has 1 aromatic carbocycles. The normalized spacial score (nSPS) is 18.6. The second kappa shape index (κ2) is 6.83. The Morgan fingerprint density at radius 2 is 2.17 bits per heavy atom. The SMILES string of the molecule is CC(C)N(CCCCl)CC1Cc2ccccc2S1. The van der Waals surface area contributed by atoms with E-state index in [0.29, 0.717) is 11.3 Å². The van der Waals surface area contributed by atoms with Crippen LogP contribution < -0.4 is 0 Å². The van der Waals surface area contributed by atoms with Gasteiger partial charge in [0.2, 0.25) is 0 Å². The third-order valence-corrected chi connectivity index (χ3v) is 5.03. The molecule has 0 saturated carbocycles. The molecule has 18 heavy (non-hydrogen) atoms. The fourth-order valence-electron chi connectivity index (χ4n) is 2.44. The van der Waals surface area contributed by atoms with Crippen LogP contribution in [0.25, 0.3) is 0 Å². The Morgan fingerprint density at radius 3 is 2.83 bits per heavy atom. The van der Waals surface area contributed by atoms with E-state index in [9.17, 15) is 0 Å². The summed E-state index contributed by atoms with van der Waals surface area (Å²) >= 11 is 7.85. The summed E-state index contributed by atoms with van der Waals surface area (Å²) in [6.07, 6.45) is 2.30. The van der Waals surface area contributed by atoms with Crippen LogP contribution in [0.2, 0.25) is 0 Å². The highest BCUT2D eigenvalue weighted by atomic mass is 35.5. The lowest BCUT2D eigenvalue weighted by molar-refractivity contribution is 0.223.